The molecule has 0 aromatic rings. The highest BCUT2D eigenvalue weighted by molar-refractivity contribution is 7.80. The highest BCUT2D eigenvalue weighted by Crippen LogP contribution is 2.24. The predicted molar refractivity (Wildman–Crippen MR) is 43.6 cm³/mol. The van der Waals surface area contributed by atoms with Crippen molar-refractivity contribution in [2.75, 3.05) is 25.6 Å². The van der Waals surface area contributed by atoms with E-state index in [9.17, 15) is 0 Å². The summed E-state index contributed by atoms with van der Waals surface area (Å²) in [5.74, 6) is 0.765. The Bertz CT molecular complexity index is 99.8. The van der Waals surface area contributed by atoms with Gasteiger partial charge in [-0.05, 0) is 6.92 Å². The molecule has 1 unspecified atom stereocenters. The van der Waals surface area contributed by atoms with Crippen molar-refractivity contribution in [1.29, 1.82) is 0 Å². The molecule has 0 bridgehead atoms. The van der Waals surface area contributed by atoms with Crippen molar-refractivity contribution in [2.24, 2.45) is 0 Å². The maximum Gasteiger partial charge on any atom is 0.102 e. The molecule has 60 valence electrons. The number of thiol groups is 1. The van der Waals surface area contributed by atoms with Crippen LogP contribution in [0.4, 0.5) is 0 Å². The molecule has 0 aromatic carbocycles. The Labute approximate surface area is 67.3 Å². The van der Waals surface area contributed by atoms with Crippen molar-refractivity contribution < 1.29 is 9.47 Å². The molecule has 1 heterocycles. The van der Waals surface area contributed by atoms with E-state index in [0.29, 0.717) is 6.61 Å². The van der Waals surface area contributed by atoms with Crippen LogP contribution in [0.5, 0.6) is 0 Å². The minimum absolute atomic E-state index is 0.0716. The highest BCUT2D eigenvalue weighted by Gasteiger charge is 2.33. The van der Waals surface area contributed by atoms with Gasteiger partial charge < -0.3 is 9.47 Å². The van der Waals surface area contributed by atoms with Gasteiger partial charge in [0.1, 0.15) is 5.60 Å². The van der Waals surface area contributed by atoms with E-state index in [1.807, 2.05) is 6.92 Å². The standard InChI is InChI=1S/C7H14O2S/c1-2-9-7(6-10)3-4-8-5-7/h10H,2-6H2,1H3. The SMILES string of the molecule is CCOC1(CS)CCOC1. The molecule has 2 nitrogen and oxygen atoms in total. The summed E-state index contributed by atoms with van der Waals surface area (Å²) >= 11 is 4.23. The normalized spacial score (nSPS) is 33.0. The quantitative estimate of drug-likeness (QED) is 0.627. The average molecular weight is 162 g/mol. The first-order valence-electron chi connectivity index (χ1n) is 3.65. The lowest BCUT2D eigenvalue weighted by Crippen LogP contribution is -2.35. The van der Waals surface area contributed by atoms with E-state index in [1.54, 1.807) is 0 Å². The van der Waals surface area contributed by atoms with Crippen molar-refractivity contribution in [2.45, 2.75) is 18.9 Å². The Morgan fingerprint density at radius 2 is 2.50 bits per heavy atom. The van der Waals surface area contributed by atoms with Gasteiger partial charge in [-0.1, -0.05) is 0 Å². The van der Waals surface area contributed by atoms with Crippen LogP contribution in [-0.2, 0) is 9.47 Å². The first kappa shape index (κ1) is 8.37. The van der Waals surface area contributed by atoms with Gasteiger partial charge in [0.15, 0.2) is 0 Å². The zero-order chi connectivity index (χ0) is 7.45. The van der Waals surface area contributed by atoms with Crippen molar-refractivity contribution in [3.8, 4) is 0 Å². The van der Waals surface area contributed by atoms with Gasteiger partial charge in [0.05, 0.1) is 6.61 Å². The van der Waals surface area contributed by atoms with Crippen LogP contribution in [0.1, 0.15) is 13.3 Å². The van der Waals surface area contributed by atoms with E-state index in [-0.39, 0.29) is 5.60 Å². The first-order chi connectivity index (χ1) is 4.83. The van der Waals surface area contributed by atoms with Crippen LogP contribution < -0.4 is 0 Å². The zero-order valence-electron chi connectivity index (χ0n) is 6.30. The van der Waals surface area contributed by atoms with Gasteiger partial charge in [0, 0.05) is 25.4 Å². The average Bonchev–Trinajstić information content (AvgIpc) is 2.39. The summed E-state index contributed by atoms with van der Waals surface area (Å²) in [6.07, 6.45) is 0.990. The minimum atomic E-state index is -0.0716. The molecule has 1 saturated heterocycles. The Hall–Kier alpha value is 0.270. The molecule has 3 heteroatoms. The monoisotopic (exact) mass is 162 g/mol. The van der Waals surface area contributed by atoms with E-state index in [2.05, 4.69) is 12.6 Å². The van der Waals surface area contributed by atoms with E-state index in [0.717, 1.165) is 25.4 Å². The van der Waals surface area contributed by atoms with Gasteiger partial charge in [-0.2, -0.15) is 12.6 Å². The van der Waals surface area contributed by atoms with Crippen LogP contribution in [0.2, 0.25) is 0 Å². The van der Waals surface area contributed by atoms with E-state index < -0.39 is 0 Å². The third-order valence-corrected chi connectivity index (χ3v) is 2.38. The molecule has 0 aliphatic carbocycles. The second-order valence-electron chi connectivity index (χ2n) is 2.58. The molecular weight excluding hydrogens is 148 g/mol. The first-order valence-corrected chi connectivity index (χ1v) is 4.29. The topological polar surface area (TPSA) is 18.5 Å². The molecule has 0 aromatic heterocycles. The van der Waals surface area contributed by atoms with Crippen LogP contribution in [0.3, 0.4) is 0 Å². The molecule has 0 saturated carbocycles. The molecule has 10 heavy (non-hydrogen) atoms. The van der Waals surface area contributed by atoms with Crippen LogP contribution >= 0.6 is 12.6 Å². The van der Waals surface area contributed by atoms with Gasteiger partial charge in [-0.15, -0.1) is 0 Å². The molecule has 0 radical (unpaired) electrons. The molecule has 1 fully saturated rings. The second kappa shape index (κ2) is 3.60. The summed E-state index contributed by atoms with van der Waals surface area (Å²) in [6.45, 7) is 4.29. The van der Waals surface area contributed by atoms with E-state index in [1.165, 1.54) is 0 Å². The molecule has 0 amide bonds. The summed E-state index contributed by atoms with van der Waals surface area (Å²) in [5, 5.41) is 0. The highest BCUT2D eigenvalue weighted by atomic mass is 32.1. The molecular formula is C7H14O2S. The lowest BCUT2D eigenvalue weighted by Gasteiger charge is -2.24. The van der Waals surface area contributed by atoms with E-state index in [4.69, 9.17) is 9.47 Å². The fourth-order valence-corrected chi connectivity index (χ4v) is 1.52. The van der Waals surface area contributed by atoms with Crippen LogP contribution in [0.25, 0.3) is 0 Å². The van der Waals surface area contributed by atoms with Gasteiger partial charge >= 0.3 is 0 Å². The van der Waals surface area contributed by atoms with Crippen LogP contribution in [-0.4, -0.2) is 31.2 Å². The third kappa shape index (κ3) is 1.65. The molecule has 1 aliphatic heterocycles. The van der Waals surface area contributed by atoms with Gasteiger partial charge in [0.25, 0.3) is 0 Å². The van der Waals surface area contributed by atoms with Gasteiger partial charge in [-0.3, -0.25) is 0 Å². The maximum atomic E-state index is 5.54. The summed E-state index contributed by atoms with van der Waals surface area (Å²) in [6, 6.07) is 0. The van der Waals surface area contributed by atoms with Gasteiger partial charge in [0.2, 0.25) is 0 Å². The van der Waals surface area contributed by atoms with Crippen molar-refractivity contribution in [1.82, 2.24) is 0 Å². The number of hydrogen-bond donors (Lipinski definition) is 1. The smallest absolute Gasteiger partial charge is 0.102 e. The van der Waals surface area contributed by atoms with Crippen LogP contribution in [0, 0.1) is 0 Å². The molecule has 0 N–H and O–H groups in total. The summed E-state index contributed by atoms with van der Waals surface area (Å²) in [4.78, 5) is 0. The van der Waals surface area contributed by atoms with E-state index >= 15 is 0 Å². The number of ether oxygens (including phenoxy) is 2. The fraction of sp³-hybridized carbons (Fsp3) is 1.00. The molecule has 1 aliphatic rings. The fourth-order valence-electron chi connectivity index (χ4n) is 1.18. The minimum Gasteiger partial charge on any atom is -0.378 e. The third-order valence-electron chi connectivity index (χ3n) is 1.81. The number of hydrogen-bond acceptors (Lipinski definition) is 3. The number of rotatable bonds is 3. The van der Waals surface area contributed by atoms with Crippen molar-refractivity contribution in [3.63, 3.8) is 0 Å². The summed E-state index contributed by atoms with van der Waals surface area (Å²) in [7, 11) is 0. The Morgan fingerprint density at radius 3 is 2.90 bits per heavy atom. The lowest BCUT2D eigenvalue weighted by molar-refractivity contribution is -0.0252. The van der Waals surface area contributed by atoms with Crippen molar-refractivity contribution in [3.05, 3.63) is 0 Å². The summed E-state index contributed by atoms with van der Waals surface area (Å²) < 4.78 is 10.8. The van der Waals surface area contributed by atoms with Crippen LogP contribution in [0.15, 0.2) is 0 Å². The molecule has 0 spiro atoms. The largest absolute Gasteiger partial charge is 0.378 e. The maximum absolute atomic E-state index is 5.54. The van der Waals surface area contributed by atoms with Crippen molar-refractivity contribution >= 4 is 12.6 Å². The Kier molecular flexibility index (Phi) is 3.01. The zero-order valence-corrected chi connectivity index (χ0v) is 7.19. The second-order valence-corrected chi connectivity index (χ2v) is 2.89. The molecule has 1 atom stereocenters. The molecule has 1 rings (SSSR count). The lowest BCUT2D eigenvalue weighted by atomic mass is 10.1. The Balaban J connectivity index is 2.41. The Morgan fingerprint density at radius 1 is 1.70 bits per heavy atom. The summed E-state index contributed by atoms with van der Waals surface area (Å²) in [5.41, 5.74) is -0.0716. The van der Waals surface area contributed by atoms with Gasteiger partial charge in [-0.25, -0.2) is 0 Å². The predicted octanol–water partition coefficient (Wildman–Crippen LogP) is 1.11.